The average molecular weight is 420 g/mol. The monoisotopic (exact) mass is 420 g/mol. The summed E-state index contributed by atoms with van der Waals surface area (Å²) < 4.78 is 73.3. The molecule has 28 heavy (non-hydrogen) atoms. The van der Waals surface area contributed by atoms with E-state index in [1.807, 2.05) is 10.3 Å². The number of methoxy groups -OCH3 is 1. The highest BCUT2D eigenvalue weighted by Crippen LogP contribution is 2.31. The van der Waals surface area contributed by atoms with Crippen LogP contribution in [0.1, 0.15) is 23.0 Å². The van der Waals surface area contributed by atoms with Gasteiger partial charge in [0.1, 0.15) is 11.3 Å². The van der Waals surface area contributed by atoms with Gasteiger partial charge in [-0.05, 0) is 31.2 Å². The van der Waals surface area contributed by atoms with E-state index in [1.165, 1.54) is 38.3 Å². The second kappa shape index (κ2) is 8.39. The maximum absolute atomic E-state index is 13.2. The van der Waals surface area contributed by atoms with Crippen molar-refractivity contribution in [1.82, 2.24) is 14.8 Å². The zero-order valence-corrected chi connectivity index (χ0v) is 15.4. The predicted molar refractivity (Wildman–Crippen MR) is 89.9 cm³/mol. The van der Waals surface area contributed by atoms with Crippen molar-refractivity contribution in [3.8, 4) is 5.75 Å². The molecule has 0 saturated carbocycles. The first-order valence-corrected chi connectivity index (χ1v) is 9.10. The fourth-order valence-corrected chi connectivity index (χ4v) is 2.78. The van der Waals surface area contributed by atoms with Crippen molar-refractivity contribution >= 4 is 21.9 Å². The number of benzene rings is 1. The van der Waals surface area contributed by atoms with Crippen molar-refractivity contribution in [3.05, 3.63) is 41.7 Å². The lowest BCUT2D eigenvalue weighted by Gasteiger charge is -2.13. The Morgan fingerprint density at radius 3 is 2.39 bits per heavy atom. The topological polar surface area (TPSA) is 120 Å². The quantitative estimate of drug-likeness (QED) is 0.516. The van der Waals surface area contributed by atoms with Crippen LogP contribution >= 0.6 is 0 Å². The van der Waals surface area contributed by atoms with E-state index in [0.29, 0.717) is 11.9 Å². The van der Waals surface area contributed by atoms with Crippen LogP contribution in [-0.4, -0.2) is 38.1 Å². The minimum Gasteiger partial charge on any atom is -0.497 e. The highest BCUT2D eigenvalue weighted by atomic mass is 32.2. The maximum Gasteiger partial charge on any atom is 0.434 e. The third kappa shape index (κ3) is 5.07. The van der Waals surface area contributed by atoms with Crippen LogP contribution in [0.4, 0.5) is 19.1 Å². The largest absolute Gasteiger partial charge is 0.497 e. The number of esters is 1. The molecular weight excluding hydrogens is 405 g/mol. The molecule has 9 nitrogen and oxygen atoms in total. The highest BCUT2D eigenvalue weighted by Gasteiger charge is 2.38. The Kier molecular flexibility index (Phi) is 6.41. The fourth-order valence-electron chi connectivity index (χ4n) is 1.94. The summed E-state index contributed by atoms with van der Waals surface area (Å²) >= 11 is 0. The lowest BCUT2D eigenvalue weighted by Crippen LogP contribution is -2.31. The van der Waals surface area contributed by atoms with Crippen LogP contribution in [0.25, 0.3) is 0 Å². The van der Waals surface area contributed by atoms with Gasteiger partial charge in [0.2, 0.25) is 5.95 Å². The third-order valence-corrected chi connectivity index (χ3v) is 4.48. The molecule has 1 aromatic carbocycles. The van der Waals surface area contributed by atoms with Gasteiger partial charge >= 0.3 is 12.1 Å². The molecular formula is C15H15F3N4O5S. The Balaban J connectivity index is 2.25. The summed E-state index contributed by atoms with van der Waals surface area (Å²) in [4.78, 5) is 20.0. The molecule has 13 heteroatoms. The predicted octanol–water partition coefficient (Wildman–Crippen LogP) is 1.99. The smallest absolute Gasteiger partial charge is 0.434 e. The molecule has 2 aromatic rings. The van der Waals surface area contributed by atoms with Crippen molar-refractivity contribution in [2.24, 2.45) is 0 Å². The van der Waals surface area contributed by atoms with Crippen molar-refractivity contribution in [2.75, 3.05) is 19.1 Å². The van der Waals surface area contributed by atoms with Gasteiger partial charge in [0, 0.05) is 6.20 Å². The Hall–Kier alpha value is -2.93. The molecule has 0 saturated heterocycles. The summed E-state index contributed by atoms with van der Waals surface area (Å²) in [5.41, 5.74) is -0.475. The molecule has 2 N–H and O–H groups in total. The molecule has 0 aliphatic rings. The fraction of sp³-hybridized carbons (Fsp3) is 0.267. The highest BCUT2D eigenvalue weighted by molar-refractivity contribution is 7.89. The normalized spacial score (nSPS) is 11.8. The van der Waals surface area contributed by atoms with E-state index < -0.39 is 39.4 Å². The van der Waals surface area contributed by atoms with E-state index in [1.54, 1.807) is 0 Å². The molecule has 1 heterocycles. The number of halogens is 3. The number of ether oxygens (including phenoxy) is 2. The van der Waals surface area contributed by atoms with Crippen LogP contribution in [0.5, 0.6) is 5.75 Å². The van der Waals surface area contributed by atoms with Crippen molar-refractivity contribution < 1.29 is 35.9 Å². The number of alkyl halides is 3. The third-order valence-electron chi connectivity index (χ3n) is 3.22. The van der Waals surface area contributed by atoms with Crippen molar-refractivity contribution in [2.45, 2.75) is 18.0 Å². The van der Waals surface area contributed by atoms with Gasteiger partial charge in [0.05, 0.1) is 18.6 Å². The SMILES string of the molecule is CCOC(=O)c1cnc(NNS(=O)(=O)c2ccc(OC)cc2)nc1C(F)(F)F. The van der Waals surface area contributed by atoms with Crippen LogP contribution in [-0.2, 0) is 20.9 Å². The summed E-state index contributed by atoms with van der Waals surface area (Å²) in [7, 11) is -2.73. The van der Waals surface area contributed by atoms with Gasteiger partial charge in [0.25, 0.3) is 10.0 Å². The molecule has 0 atom stereocenters. The van der Waals surface area contributed by atoms with E-state index in [0.717, 1.165) is 0 Å². The first-order valence-electron chi connectivity index (χ1n) is 7.61. The lowest BCUT2D eigenvalue weighted by atomic mass is 10.2. The summed E-state index contributed by atoms with van der Waals surface area (Å²) in [5, 5.41) is 0. The van der Waals surface area contributed by atoms with Crippen LogP contribution in [0.15, 0.2) is 35.4 Å². The molecule has 0 aliphatic heterocycles. The van der Waals surface area contributed by atoms with Gasteiger partial charge in [-0.15, -0.1) is 4.83 Å². The van der Waals surface area contributed by atoms with Gasteiger partial charge in [-0.2, -0.15) is 13.2 Å². The summed E-state index contributed by atoms with van der Waals surface area (Å²) in [5.74, 6) is -1.54. The molecule has 0 bridgehead atoms. The Morgan fingerprint density at radius 1 is 1.21 bits per heavy atom. The molecule has 152 valence electrons. The Morgan fingerprint density at radius 2 is 1.86 bits per heavy atom. The van der Waals surface area contributed by atoms with Crippen molar-refractivity contribution in [1.29, 1.82) is 0 Å². The zero-order valence-electron chi connectivity index (χ0n) is 14.6. The number of hydrogen-bond donors (Lipinski definition) is 2. The van der Waals surface area contributed by atoms with E-state index in [9.17, 15) is 26.4 Å². The number of sulfonamides is 1. The molecule has 2 rings (SSSR count). The number of hydrogen-bond acceptors (Lipinski definition) is 8. The summed E-state index contributed by atoms with van der Waals surface area (Å²) in [6.45, 7) is 1.29. The van der Waals surface area contributed by atoms with E-state index in [2.05, 4.69) is 14.7 Å². The van der Waals surface area contributed by atoms with E-state index in [4.69, 9.17) is 4.74 Å². The average Bonchev–Trinajstić information content (AvgIpc) is 2.66. The van der Waals surface area contributed by atoms with Crippen LogP contribution < -0.4 is 15.0 Å². The lowest BCUT2D eigenvalue weighted by molar-refractivity contribution is -0.141. The summed E-state index contributed by atoms with van der Waals surface area (Å²) in [6, 6.07) is 5.24. The van der Waals surface area contributed by atoms with Gasteiger partial charge in [-0.1, -0.05) is 0 Å². The Labute approximate surface area is 157 Å². The van der Waals surface area contributed by atoms with Gasteiger partial charge in [-0.3, -0.25) is 5.43 Å². The molecule has 0 amide bonds. The maximum atomic E-state index is 13.2. The number of carbonyl (C=O) groups is 1. The second-order valence-electron chi connectivity index (χ2n) is 5.08. The second-order valence-corrected chi connectivity index (χ2v) is 6.76. The first-order chi connectivity index (χ1) is 13.1. The number of rotatable bonds is 7. The number of anilines is 1. The molecule has 0 unspecified atom stereocenters. The first kappa shape index (κ1) is 21.4. The van der Waals surface area contributed by atoms with E-state index in [-0.39, 0.29) is 11.5 Å². The number of carbonyl (C=O) groups excluding carboxylic acids is 1. The standard InChI is InChI=1S/C15H15F3N4O5S/c1-3-27-13(23)11-8-19-14(20-12(11)15(16,17)18)21-22-28(24,25)10-6-4-9(26-2)5-7-10/h4-8,22H,3H2,1-2H3,(H,19,20,21). The number of nitrogens with one attached hydrogen (secondary N) is 2. The zero-order chi connectivity index (χ0) is 20.9. The van der Waals surface area contributed by atoms with Crippen molar-refractivity contribution in [3.63, 3.8) is 0 Å². The van der Waals surface area contributed by atoms with Gasteiger partial charge in [0.15, 0.2) is 5.69 Å². The van der Waals surface area contributed by atoms with Gasteiger partial charge < -0.3 is 9.47 Å². The molecule has 0 spiro atoms. The molecule has 1 aromatic heterocycles. The molecule has 0 fully saturated rings. The molecule has 0 radical (unpaired) electrons. The van der Waals surface area contributed by atoms with Gasteiger partial charge in [-0.25, -0.2) is 23.2 Å². The van der Waals surface area contributed by atoms with Crippen LogP contribution in [0.3, 0.4) is 0 Å². The van der Waals surface area contributed by atoms with E-state index >= 15 is 0 Å². The van der Waals surface area contributed by atoms with Crippen LogP contribution in [0.2, 0.25) is 0 Å². The minimum absolute atomic E-state index is 0.141. The molecule has 0 aliphatic carbocycles. The minimum atomic E-state index is -4.99. The number of hydrazine groups is 1. The summed E-state index contributed by atoms with van der Waals surface area (Å²) in [6.07, 6.45) is -4.39. The Bertz CT molecular complexity index is 949. The number of nitrogens with zero attached hydrogens (tertiary/aromatic N) is 2. The number of aromatic nitrogens is 2. The van der Waals surface area contributed by atoms with Crippen LogP contribution in [0, 0.1) is 0 Å².